The van der Waals surface area contributed by atoms with E-state index in [4.69, 9.17) is 9.15 Å². The second kappa shape index (κ2) is 4.51. The van der Waals surface area contributed by atoms with Crippen LogP contribution in [-0.4, -0.2) is 19.7 Å². The Kier molecular flexibility index (Phi) is 2.87. The summed E-state index contributed by atoms with van der Waals surface area (Å²) in [5.41, 5.74) is 2.12. The quantitative estimate of drug-likeness (QED) is 0.863. The van der Waals surface area contributed by atoms with E-state index in [0.29, 0.717) is 6.04 Å². The molecule has 2 unspecified atom stereocenters. The van der Waals surface area contributed by atoms with E-state index >= 15 is 0 Å². The zero-order valence-corrected chi connectivity index (χ0v) is 9.98. The Labute approximate surface area is 101 Å². The molecule has 0 radical (unpaired) electrons. The lowest BCUT2D eigenvalue weighted by Gasteiger charge is -2.28. The molecule has 1 aliphatic heterocycles. The van der Waals surface area contributed by atoms with Gasteiger partial charge in [0.05, 0.1) is 12.4 Å². The van der Waals surface area contributed by atoms with E-state index < -0.39 is 0 Å². The summed E-state index contributed by atoms with van der Waals surface area (Å²) < 4.78 is 11.4. The minimum atomic E-state index is 0.157. The first-order valence-corrected chi connectivity index (χ1v) is 6.13. The summed E-state index contributed by atoms with van der Waals surface area (Å²) in [4.78, 5) is 0. The highest BCUT2D eigenvalue weighted by molar-refractivity contribution is 5.81. The molecule has 1 fully saturated rings. The molecule has 1 aromatic heterocycles. The van der Waals surface area contributed by atoms with Crippen molar-refractivity contribution in [3.8, 4) is 0 Å². The van der Waals surface area contributed by atoms with Gasteiger partial charge in [0, 0.05) is 23.6 Å². The molecule has 1 saturated heterocycles. The average molecular weight is 231 g/mol. The number of nitrogens with one attached hydrogen (secondary N) is 1. The van der Waals surface area contributed by atoms with Gasteiger partial charge in [-0.3, -0.25) is 0 Å². The Hall–Kier alpha value is -1.32. The summed E-state index contributed by atoms with van der Waals surface area (Å²) in [5, 5.41) is 4.51. The monoisotopic (exact) mass is 231 g/mol. The molecule has 3 rings (SSSR count). The van der Waals surface area contributed by atoms with E-state index in [1.54, 1.807) is 0 Å². The lowest BCUT2D eigenvalue weighted by Crippen LogP contribution is -2.33. The van der Waals surface area contributed by atoms with Crippen LogP contribution < -0.4 is 5.32 Å². The van der Waals surface area contributed by atoms with Crippen LogP contribution in [-0.2, 0) is 4.74 Å². The molecule has 0 bridgehead atoms. The van der Waals surface area contributed by atoms with Crippen LogP contribution in [0.1, 0.15) is 24.5 Å². The molecule has 17 heavy (non-hydrogen) atoms. The third-order valence-corrected chi connectivity index (χ3v) is 3.55. The lowest BCUT2D eigenvalue weighted by molar-refractivity contribution is 0.00197. The fourth-order valence-electron chi connectivity index (χ4n) is 2.52. The van der Waals surface area contributed by atoms with Crippen molar-refractivity contribution in [2.24, 2.45) is 0 Å². The molecule has 3 nitrogen and oxygen atoms in total. The van der Waals surface area contributed by atoms with Gasteiger partial charge in [-0.05, 0) is 26.0 Å². The van der Waals surface area contributed by atoms with Crippen LogP contribution >= 0.6 is 0 Å². The molecule has 2 heterocycles. The van der Waals surface area contributed by atoms with Gasteiger partial charge >= 0.3 is 0 Å². The highest BCUT2D eigenvalue weighted by Gasteiger charge is 2.25. The Balaban J connectivity index is 1.92. The van der Waals surface area contributed by atoms with Gasteiger partial charge in [0.1, 0.15) is 5.58 Å². The molecule has 90 valence electrons. The molecule has 1 aliphatic rings. The lowest BCUT2D eigenvalue weighted by atomic mass is 9.97. The van der Waals surface area contributed by atoms with Crippen molar-refractivity contribution in [1.29, 1.82) is 0 Å². The van der Waals surface area contributed by atoms with Gasteiger partial charge in [0.15, 0.2) is 0 Å². The third-order valence-electron chi connectivity index (χ3n) is 3.55. The van der Waals surface area contributed by atoms with Crippen LogP contribution in [0.15, 0.2) is 34.9 Å². The molecule has 2 atom stereocenters. The maximum absolute atomic E-state index is 5.86. The summed E-state index contributed by atoms with van der Waals surface area (Å²) in [6.45, 7) is 0.815. The fraction of sp³-hybridized carbons (Fsp3) is 0.429. The third kappa shape index (κ3) is 1.96. The van der Waals surface area contributed by atoms with Crippen molar-refractivity contribution in [3.63, 3.8) is 0 Å². The van der Waals surface area contributed by atoms with E-state index in [1.807, 2.05) is 31.5 Å². The summed E-state index contributed by atoms with van der Waals surface area (Å²) in [7, 11) is 2.01. The van der Waals surface area contributed by atoms with Gasteiger partial charge in [-0.15, -0.1) is 0 Å². The summed E-state index contributed by atoms with van der Waals surface area (Å²) in [6, 6.07) is 8.67. The van der Waals surface area contributed by atoms with Gasteiger partial charge in [0.2, 0.25) is 0 Å². The second-order valence-corrected chi connectivity index (χ2v) is 4.56. The van der Waals surface area contributed by atoms with Crippen LogP contribution in [0.3, 0.4) is 0 Å². The average Bonchev–Trinajstić information content (AvgIpc) is 2.82. The van der Waals surface area contributed by atoms with Crippen LogP contribution in [0.4, 0.5) is 0 Å². The molecule has 1 N–H and O–H groups in total. The molecule has 0 spiro atoms. The van der Waals surface area contributed by atoms with E-state index in [-0.39, 0.29) is 6.10 Å². The molecule has 0 saturated carbocycles. The fourth-order valence-corrected chi connectivity index (χ4v) is 2.52. The van der Waals surface area contributed by atoms with E-state index in [0.717, 1.165) is 25.0 Å². The topological polar surface area (TPSA) is 34.4 Å². The van der Waals surface area contributed by atoms with Gasteiger partial charge in [0.25, 0.3) is 0 Å². The summed E-state index contributed by atoms with van der Waals surface area (Å²) in [5.74, 6) is 0. The molecule has 3 heteroatoms. The van der Waals surface area contributed by atoms with Crippen molar-refractivity contribution in [3.05, 3.63) is 36.1 Å². The highest BCUT2D eigenvalue weighted by atomic mass is 16.5. The first-order chi connectivity index (χ1) is 8.38. The number of rotatable bonds is 2. The number of furan rings is 1. The van der Waals surface area contributed by atoms with Gasteiger partial charge in [-0.1, -0.05) is 18.2 Å². The van der Waals surface area contributed by atoms with E-state index in [1.165, 1.54) is 10.9 Å². The molecular formula is C14H17NO2. The number of para-hydroxylation sites is 1. The molecular weight excluding hydrogens is 214 g/mol. The first-order valence-electron chi connectivity index (χ1n) is 6.13. The van der Waals surface area contributed by atoms with Crippen molar-refractivity contribution in [1.82, 2.24) is 5.32 Å². The number of hydrogen-bond acceptors (Lipinski definition) is 3. The Morgan fingerprint density at radius 2 is 2.18 bits per heavy atom. The first kappa shape index (κ1) is 10.8. The Morgan fingerprint density at radius 3 is 3.06 bits per heavy atom. The minimum Gasteiger partial charge on any atom is -0.464 e. The van der Waals surface area contributed by atoms with Crippen molar-refractivity contribution in [2.75, 3.05) is 13.7 Å². The minimum absolute atomic E-state index is 0.157. The number of ether oxygens (including phenoxy) is 1. The number of benzene rings is 1. The summed E-state index contributed by atoms with van der Waals surface area (Å²) >= 11 is 0. The summed E-state index contributed by atoms with van der Waals surface area (Å²) in [6.07, 6.45) is 4.10. The maximum atomic E-state index is 5.86. The number of fused-ring (bicyclic) bond motifs is 1. The second-order valence-electron chi connectivity index (χ2n) is 4.56. The molecule has 0 aliphatic carbocycles. The molecule has 2 aromatic rings. The SMILES string of the molecule is CNC1CCOC(c2coc3ccccc23)C1. The standard InChI is InChI=1S/C14H17NO2/c1-15-10-6-7-16-14(8-10)12-9-17-13-5-3-2-4-11(12)13/h2-5,9-10,14-15H,6-8H2,1H3. The predicted molar refractivity (Wildman–Crippen MR) is 67.0 cm³/mol. The smallest absolute Gasteiger partial charge is 0.134 e. The van der Waals surface area contributed by atoms with Crippen LogP contribution in [0.2, 0.25) is 0 Å². The maximum Gasteiger partial charge on any atom is 0.134 e. The van der Waals surface area contributed by atoms with E-state index in [9.17, 15) is 0 Å². The van der Waals surface area contributed by atoms with E-state index in [2.05, 4.69) is 11.4 Å². The van der Waals surface area contributed by atoms with Crippen LogP contribution in [0.25, 0.3) is 11.0 Å². The van der Waals surface area contributed by atoms with Crippen molar-refractivity contribution < 1.29 is 9.15 Å². The van der Waals surface area contributed by atoms with Gasteiger partial charge in [-0.25, -0.2) is 0 Å². The molecule has 0 amide bonds. The van der Waals surface area contributed by atoms with Crippen molar-refractivity contribution in [2.45, 2.75) is 25.0 Å². The zero-order chi connectivity index (χ0) is 11.7. The predicted octanol–water partition coefficient (Wildman–Crippen LogP) is 2.87. The van der Waals surface area contributed by atoms with Crippen molar-refractivity contribution >= 4 is 11.0 Å². The van der Waals surface area contributed by atoms with Crippen LogP contribution in [0.5, 0.6) is 0 Å². The Bertz CT molecular complexity index is 506. The Morgan fingerprint density at radius 1 is 1.29 bits per heavy atom. The zero-order valence-electron chi connectivity index (χ0n) is 9.98. The normalized spacial score (nSPS) is 25.2. The number of hydrogen-bond donors (Lipinski definition) is 1. The largest absolute Gasteiger partial charge is 0.464 e. The van der Waals surface area contributed by atoms with Crippen LogP contribution in [0, 0.1) is 0 Å². The van der Waals surface area contributed by atoms with Gasteiger partial charge < -0.3 is 14.5 Å². The highest BCUT2D eigenvalue weighted by Crippen LogP contribution is 2.33. The van der Waals surface area contributed by atoms with Gasteiger partial charge in [-0.2, -0.15) is 0 Å². The molecule has 1 aromatic carbocycles.